The summed E-state index contributed by atoms with van der Waals surface area (Å²) in [5.74, 6) is 0. The van der Waals surface area contributed by atoms with Gasteiger partial charge in [0.05, 0.1) is 11.2 Å². The van der Waals surface area contributed by atoms with E-state index < -0.39 is 0 Å². The van der Waals surface area contributed by atoms with Crippen LogP contribution in [0.5, 0.6) is 5.06 Å². The SMILES string of the molecule is Cc1ncc(OC2(C)CNC2)s1. The van der Waals surface area contributed by atoms with Crippen molar-refractivity contribution in [1.29, 1.82) is 0 Å². The summed E-state index contributed by atoms with van der Waals surface area (Å²) in [4.78, 5) is 4.13. The molecule has 0 aliphatic carbocycles. The Morgan fingerprint density at radius 3 is 2.83 bits per heavy atom. The molecule has 0 unspecified atom stereocenters. The summed E-state index contributed by atoms with van der Waals surface area (Å²) in [6, 6.07) is 0. The van der Waals surface area contributed by atoms with Gasteiger partial charge in [0.15, 0.2) is 5.06 Å². The second-order valence-electron chi connectivity index (χ2n) is 3.35. The maximum atomic E-state index is 5.75. The Morgan fingerprint density at radius 2 is 2.42 bits per heavy atom. The first-order valence-corrected chi connectivity index (χ1v) is 4.82. The van der Waals surface area contributed by atoms with Gasteiger partial charge >= 0.3 is 0 Å². The highest BCUT2D eigenvalue weighted by atomic mass is 32.1. The Kier molecular flexibility index (Phi) is 1.81. The number of hydrogen-bond donors (Lipinski definition) is 1. The van der Waals surface area contributed by atoms with Crippen molar-refractivity contribution in [3.63, 3.8) is 0 Å². The molecule has 3 nitrogen and oxygen atoms in total. The van der Waals surface area contributed by atoms with E-state index in [1.807, 2.05) is 6.92 Å². The summed E-state index contributed by atoms with van der Waals surface area (Å²) in [6.07, 6.45) is 1.80. The van der Waals surface area contributed by atoms with E-state index in [1.165, 1.54) is 0 Å². The summed E-state index contributed by atoms with van der Waals surface area (Å²) >= 11 is 1.60. The largest absolute Gasteiger partial charge is 0.474 e. The van der Waals surface area contributed by atoms with Crippen molar-refractivity contribution in [1.82, 2.24) is 10.3 Å². The Morgan fingerprint density at radius 1 is 1.67 bits per heavy atom. The van der Waals surface area contributed by atoms with E-state index >= 15 is 0 Å². The fourth-order valence-electron chi connectivity index (χ4n) is 1.18. The molecule has 1 aromatic rings. The lowest BCUT2D eigenvalue weighted by atomic mass is 10.0. The fraction of sp³-hybridized carbons (Fsp3) is 0.625. The fourth-order valence-corrected chi connectivity index (χ4v) is 1.93. The number of aryl methyl sites for hydroxylation is 1. The molecule has 1 aliphatic rings. The van der Waals surface area contributed by atoms with Gasteiger partial charge in [-0.25, -0.2) is 4.98 Å². The number of hydrogen-bond acceptors (Lipinski definition) is 4. The van der Waals surface area contributed by atoms with Crippen molar-refractivity contribution in [2.45, 2.75) is 19.4 Å². The third-order valence-electron chi connectivity index (χ3n) is 1.94. The zero-order chi connectivity index (χ0) is 8.60. The van der Waals surface area contributed by atoms with Gasteiger partial charge < -0.3 is 10.1 Å². The summed E-state index contributed by atoms with van der Waals surface area (Å²) < 4.78 is 5.75. The molecule has 1 N–H and O–H groups in total. The van der Waals surface area contributed by atoms with Gasteiger partial charge in [-0.15, -0.1) is 0 Å². The van der Waals surface area contributed by atoms with Crippen molar-refractivity contribution in [2.75, 3.05) is 13.1 Å². The molecule has 66 valence electrons. The minimum absolute atomic E-state index is 0.00102. The van der Waals surface area contributed by atoms with Crippen molar-refractivity contribution in [2.24, 2.45) is 0 Å². The van der Waals surface area contributed by atoms with Gasteiger partial charge in [-0.2, -0.15) is 0 Å². The predicted octanol–water partition coefficient (Wildman–Crippen LogP) is 1.19. The molecule has 4 heteroatoms. The van der Waals surface area contributed by atoms with E-state index in [1.54, 1.807) is 17.5 Å². The van der Waals surface area contributed by atoms with Crippen molar-refractivity contribution in [3.8, 4) is 5.06 Å². The Labute approximate surface area is 75.8 Å². The third-order valence-corrected chi connectivity index (χ3v) is 2.74. The molecule has 0 aromatic carbocycles. The summed E-state index contributed by atoms with van der Waals surface area (Å²) in [7, 11) is 0. The second kappa shape index (κ2) is 2.71. The van der Waals surface area contributed by atoms with Crippen LogP contribution in [0.3, 0.4) is 0 Å². The summed E-state index contributed by atoms with van der Waals surface area (Å²) in [6.45, 7) is 5.96. The van der Waals surface area contributed by atoms with Crippen molar-refractivity contribution >= 4 is 11.3 Å². The van der Waals surface area contributed by atoms with Gasteiger partial charge in [0, 0.05) is 13.1 Å². The molecule has 0 radical (unpaired) electrons. The van der Waals surface area contributed by atoms with Crippen LogP contribution in [-0.4, -0.2) is 23.7 Å². The van der Waals surface area contributed by atoms with Gasteiger partial charge in [-0.05, 0) is 13.8 Å². The highest BCUT2D eigenvalue weighted by molar-refractivity contribution is 7.13. The smallest absolute Gasteiger partial charge is 0.194 e. The molecule has 2 heterocycles. The van der Waals surface area contributed by atoms with Crippen LogP contribution in [-0.2, 0) is 0 Å². The van der Waals surface area contributed by atoms with Crippen molar-refractivity contribution < 1.29 is 4.74 Å². The first kappa shape index (κ1) is 8.01. The molecule has 1 aromatic heterocycles. The van der Waals surface area contributed by atoms with Crippen LogP contribution < -0.4 is 10.1 Å². The van der Waals surface area contributed by atoms with Gasteiger partial charge in [-0.1, -0.05) is 11.3 Å². The summed E-state index contributed by atoms with van der Waals surface area (Å²) in [5.41, 5.74) is -0.00102. The van der Waals surface area contributed by atoms with Crippen LogP contribution in [0.4, 0.5) is 0 Å². The first-order valence-electron chi connectivity index (χ1n) is 4.00. The van der Waals surface area contributed by atoms with Crippen LogP contribution in [0.15, 0.2) is 6.20 Å². The minimum atomic E-state index is -0.00102. The standard InChI is InChI=1S/C8H12N2OS/c1-6-10-3-7(12-6)11-8(2)4-9-5-8/h3,9H,4-5H2,1-2H3. The van der Waals surface area contributed by atoms with Crippen LogP contribution in [0.2, 0.25) is 0 Å². The molecule has 0 bridgehead atoms. The zero-order valence-corrected chi connectivity index (χ0v) is 8.07. The van der Waals surface area contributed by atoms with E-state index in [4.69, 9.17) is 4.74 Å². The molecule has 1 saturated heterocycles. The third kappa shape index (κ3) is 1.44. The Bertz CT molecular complexity index is 280. The lowest BCUT2D eigenvalue weighted by Crippen LogP contribution is -2.60. The average molecular weight is 184 g/mol. The number of nitrogens with one attached hydrogen (secondary N) is 1. The molecule has 1 fully saturated rings. The quantitative estimate of drug-likeness (QED) is 0.749. The van der Waals surface area contributed by atoms with Gasteiger partial charge in [0.1, 0.15) is 5.60 Å². The minimum Gasteiger partial charge on any atom is -0.474 e. The normalized spacial score (nSPS) is 20.2. The van der Waals surface area contributed by atoms with E-state index in [9.17, 15) is 0 Å². The van der Waals surface area contributed by atoms with Crippen LogP contribution in [0.1, 0.15) is 11.9 Å². The Balaban J connectivity index is 2.03. The zero-order valence-electron chi connectivity index (χ0n) is 7.26. The molecular formula is C8H12N2OS. The lowest BCUT2D eigenvalue weighted by molar-refractivity contribution is 0.0384. The molecule has 1 aliphatic heterocycles. The molecule has 0 amide bonds. The average Bonchev–Trinajstić information content (AvgIpc) is 2.32. The van der Waals surface area contributed by atoms with Gasteiger partial charge in [0.2, 0.25) is 0 Å². The highest BCUT2D eigenvalue weighted by Gasteiger charge is 2.34. The highest BCUT2D eigenvalue weighted by Crippen LogP contribution is 2.26. The van der Waals surface area contributed by atoms with Gasteiger partial charge in [0.25, 0.3) is 0 Å². The van der Waals surface area contributed by atoms with Crippen LogP contribution in [0.25, 0.3) is 0 Å². The van der Waals surface area contributed by atoms with E-state index in [-0.39, 0.29) is 5.60 Å². The lowest BCUT2D eigenvalue weighted by Gasteiger charge is -2.38. The number of ether oxygens (including phenoxy) is 1. The topological polar surface area (TPSA) is 34.1 Å². The van der Waals surface area contributed by atoms with E-state index in [0.29, 0.717) is 0 Å². The first-order chi connectivity index (χ1) is 5.68. The maximum absolute atomic E-state index is 5.75. The van der Waals surface area contributed by atoms with Gasteiger partial charge in [-0.3, -0.25) is 0 Å². The monoisotopic (exact) mass is 184 g/mol. The van der Waals surface area contributed by atoms with E-state index in [0.717, 1.165) is 23.2 Å². The van der Waals surface area contributed by atoms with Crippen LogP contribution >= 0.6 is 11.3 Å². The molecule has 0 atom stereocenters. The molecular weight excluding hydrogens is 172 g/mol. The van der Waals surface area contributed by atoms with Crippen molar-refractivity contribution in [3.05, 3.63) is 11.2 Å². The molecule has 12 heavy (non-hydrogen) atoms. The molecule has 0 saturated carbocycles. The second-order valence-corrected chi connectivity index (χ2v) is 4.55. The Hall–Kier alpha value is -0.610. The predicted molar refractivity (Wildman–Crippen MR) is 48.8 cm³/mol. The molecule has 0 spiro atoms. The number of aromatic nitrogens is 1. The number of rotatable bonds is 2. The number of thiazole rings is 1. The molecule has 2 rings (SSSR count). The summed E-state index contributed by atoms with van der Waals surface area (Å²) in [5, 5.41) is 5.17. The van der Waals surface area contributed by atoms with E-state index in [2.05, 4.69) is 17.2 Å². The number of nitrogens with zero attached hydrogens (tertiary/aromatic N) is 1. The maximum Gasteiger partial charge on any atom is 0.194 e. The van der Waals surface area contributed by atoms with Crippen LogP contribution in [0, 0.1) is 6.92 Å².